The molecule has 0 amide bonds. The minimum absolute atomic E-state index is 0.237. The Morgan fingerprint density at radius 3 is 2.32 bits per heavy atom. The van der Waals surface area contributed by atoms with Crippen LogP contribution in [0.25, 0.3) is 17.8 Å². The van der Waals surface area contributed by atoms with Gasteiger partial charge in [-0.1, -0.05) is 18.2 Å². The van der Waals surface area contributed by atoms with E-state index >= 15 is 0 Å². The van der Waals surface area contributed by atoms with E-state index in [-0.39, 0.29) is 5.56 Å². The molecule has 14 nitrogen and oxygen atoms in total. The predicted molar refractivity (Wildman–Crippen MR) is 148 cm³/mol. The summed E-state index contributed by atoms with van der Waals surface area (Å²) in [6, 6.07) is 9.42. The van der Waals surface area contributed by atoms with Crippen LogP contribution in [0.15, 0.2) is 48.9 Å². The van der Waals surface area contributed by atoms with Gasteiger partial charge in [-0.25, -0.2) is 19.6 Å². The third kappa shape index (κ3) is 8.47. The van der Waals surface area contributed by atoms with Crippen LogP contribution in [-0.4, -0.2) is 62.4 Å². The Bertz CT molecular complexity index is 1860. The van der Waals surface area contributed by atoms with Crippen LogP contribution in [-0.2, 0) is 37.1 Å². The average molecular weight is 659 g/mol. The third-order valence-corrected chi connectivity index (χ3v) is 7.53. The molecule has 1 aliphatic rings. The minimum atomic E-state index is -5.12. The van der Waals surface area contributed by atoms with Crippen LogP contribution in [0.2, 0.25) is 0 Å². The minimum Gasteiger partial charge on any atom is -0.479 e. The van der Waals surface area contributed by atoms with Crippen molar-refractivity contribution in [3.05, 3.63) is 83.1 Å². The molecule has 0 saturated heterocycles. The van der Waals surface area contributed by atoms with Gasteiger partial charge in [0, 0.05) is 18.7 Å². The number of hydrogen-bond acceptors (Lipinski definition) is 10. The number of fused-ring (bicyclic) bond motifs is 1. The van der Waals surface area contributed by atoms with Gasteiger partial charge in [0.25, 0.3) is 0 Å². The average Bonchev–Trinajstić information content (AvgIpc) is 3.55. The van der Waals surface area contributed by atoms with Crippen molar-refractivity contribution in [1.29, 1.82) is 0 Å². The predicted octanol–water partition coefficient (Wildman–Crippen LogP) is 3.90. The molecule has 0 saturated carbocycles. The standard InChI is InChI=1S/C25H23F3N6O.H2O7S2/c1-16-14-33(15-29-16)21-11-9-17(30-24(21)35-2)10-12-22-31-23-19(7-5-13-34(23)32-22)18-6-3-4-8-20(18)25(26,27)28;1-8(2,3)7-9(4,5)6/h3-4,6,8-12,14-15,19H,5,7,13H2,1-2H3;(H,1,2,3)(H,4,5,6)/b12-10+;/t19-;/m0./s1. The van der Waals surface area contributed by atoms with Crippen LogP contribution in [0.1, 0.15) is 52.9 Å². The lowest BCUT2D eigenvalue weighted by Crippen LogP contribution is -2.21. The molecule has 2 N–H and O–H groups in total. The van der Waals surface area contributed by atoms with Crippen LogP contribution < -0.4 is 4.74 Å². The van der Waals surface area contributed by atoms with Gasteiger partial charge < -0.3 is 9.30 Å². The van der Waals surface area contributed by atoms with Crippen molar-refractivity contribution in [2.45, 2.75) is 38.4 Å². The van der Waals surface area contributed by atoms with E-state index in [2.05, 4.69) is 23.7 Å². The van der Waals surface area contributed by atoms with Crippen LogP contribution >= 0.6 is 0 Å². The maximum atomic E-state index is 13.6. The number of aryl methyl sites for hydroxylation is 2. The first kappa shape index (κ1) is 32.7. The molecule has 19 heteroatoms. The molecule has 3 aromatic heterocycles. The van der Waals surface area contributed by atoms with E-state index in [1.165, 1.54) is 12.1 Å². The molecule has 0 bridgehead atoms. The number of pyridine rings is 1. The normalized spacial score (nSPS) is 15.5. The van der Waals surface area contributed by atoms with E-state index < -0.39 is 38.5 Å². The van der Waals surface area contributed by atoms with Gasteiger partial charge in [0.1, 0.15) is 11.5 Å². The van der Waals surface area contributed by atoms with Crippen LogP contribution in [0.5, 0.6) is 5.88 Å². The molecule has 0 radical (unpaired) electrons. The Morgan fingerprint density at radius 2 is 1.73 bits per heavy atom. The number of nitrogens with zero attached hydrogens (tertiary/aromatic N) is 6. The second-order valence-electron chi connectivity index (χ2n) is 9.27. The maximum absolute atomic E-state index is 13.6. The van der Waals surface area contributed by atoms with Gasteiger partial charge >= 0.3 is 27.0 Å². The van der Waals surface area contributed by atoms with Gasteiger partial charge in [-0.3, -0.25) is 9.11 Å². The number of halogens is 3. The van der Waals surface area contributed by atoms with Crippen LogP contribution in [0.3, 0.4) is 0 Å². The second kappa shape index (κ2) is 12.8. The van der Waals surface area contributed by atoms with Crippen molar-refractivity contribution in [1.82, 2.24) is 29.3 Å². The summed E-state index contributed by atoms with van der Waals surface area (Å²) in [5, 5.41) is 4.51. The zero-order chi connectivity index (χ0) is 32.3. The Labute approximate surface area is 249 Å². The lowest BCUT2D eigenvalue weighted by atomic mass is 9.88. The molecule has 0 fully saturated rings. The highest BCUT2D eigenvalue weighted by Gasteiger charge is 2.37. The number of methoxy groups -OCH3 is 1. The number of benzene rings is 1. The second-order valence-corrected chi connectivity index (χ2v) is 11.5. The number of imidazole rings is 1. The molecule has 4 aromatic rings. The zero-order valence-electron chi connectivity index (χ0n) is 22.9. The van der Waals surface area contributed by atoms with Crippen molar-refractivity contribution in [2.24, 2.45) is 0 Å². The van der Waals surface area contributed by atoms with Gasteiger partial charge in [-0.2, -0.15) is 35.1 Å². The Morgan fingerprint density at radius 1 is 1.02 bits per heavy atom. The lowest BCUT2D eigenvalue weighted by molar-refractivity contribution is -0.138. The Hall–Kier alpha value is -4.17. The highest BCUT2D eigenvalue weighted by molar-refractivity contribution is 7.94. The van der Waals surface area contributed by atoms with Gasteiger partial charge in [0.2, 0.25) is 5.88 Å². The zero-order valence-corrected chi connectivity index (χ0v) is 24.6. The molecular formula is C25H25F3N6O8S2. The van der Waals surface area contributed by atoms with E-state index in [0.717, 1.165) is 23.9 Å². The molecule has 1 aliphatic heterocycles. The summed E-state index contributed by atoms with van der Waals surface area (Å²) >= 11 is 0. The highest BCUT2D eigenvalue weighted by atomic mass is 32.3. The molecule has 44 heavy (non-hydrogen) atoms. The monoisotopic (exact) mass is 658 g/mol. The van der Waals surface area contributed by atoms with Crippen molar-refractivity contribution in [3.8, 4) is 11.6 Å². The molecule has 236 valence electrons. The summed E-state index contributed by atoms with van der Waals surface area (Å²) in [5.74, 6) is 0.938. The first-order chi connectivity index (χ1) is 20.5. The first-order valence-corrected chi connectivity index (χ1v) is 15.3. The lowest BCUT2D eigenvalue weighted by Gasteiger charge is -2.25. The molecule has 0 aliphatic carbocycles. The first-order valence-electron chi connectivity index (χ1n) is 12.5. The molecule has 0 spiro atoms. The SMILES string of the molecule is COc1nc(/C=C/c2nc3n(n2)CCC[C@H]3c2ccccc2C(F)(F)F)ccc1-n1cnc(C)c1.O=S(=O)(O)OS(=O)(=O)O. The Balaban J connectivity index is 0.000000429. The summed E-state index contributed by atoms with van der Waals surface area (Å²) in [7, 11) is -8.69. The van der Waals surface area contributed by atoms with Gasteiger partial charge in [0.15, 0.2) is 5.82 Å². The van der Waals surface area contributed by atoms with Crippen LogP contribution in [0.4, 0.5) is 13.2 Å². The number of ether oxygens (including phenoxy) is 1. The van der Waals surface area contributed by atoms with Gasteiger partial charge in [-0.05, 0) is 55.7 Å². The fraction of sp³-hybridized carbons (Fsp3) is 0.280. The van der Waals surface area contributed by atoms with Crippen molar-refractivity contribution in [3.63, 3.8) is 0 Å². The van der Waals surface area contributed by atoms with E-state index in [1.54, 1.807) is 36.3 Å². The fourth-order valence-electron chi connectivity index (χ4n) is 4.50. The van der Waals surface area contributed by atoms with E-state index in [1.807, 2.05) is 29.8 Å². The molecule has 4 heterocycles. The summed E-state index contributed by atoms with van der Waals surface area (Å²) < 4.78 is 105. The molecule has 5 rings (SSSR count). The number of rotatable bonds is 7. The van der Waals surface area contributed by atoms with Crippen molar-refractivity contribution in [2.75, 3.05) is 7.11 Å². The third-order valence-electron chi connectivity index (χ3n) is 6.15. The molecule has 1 atom stereocenters. The van der Waals surface area contributed by atoms with Crippen LogP contribution in [0, 0.1) is 6.92 Å². The summed E-state index contributed by atoms with van der Waals surface area (Å²) in [6.07, 6.45) is 3.92. The fourth-order valence-corrected chi connectivity index (χ4v) is 5.37. The van der Waals surface area contributed by atoms with Crippen molar-refractivity contribution >= 4 is 33.0 Å². The maximum Gasteiger partial charge on any atom is 0.416 e. The highest BCUT2D eigenvalue weighted by Crippen LogP contribution is 2.40. The van der Waals surface area contributed by atoms with E-state index in [0.29, 0.717) is 36.2 Å². The van der Waals surface area contributed by atoms with Crippen molar-refractivity contribution < 1.29 is 47.5 Å². The Kier molecular flexibility index (Phi) is 9.54. The van der Waals surface area contributed by atoms with Gasteiger partial charge in [0.05, 0.1) is 30.4 Å². The molecular weight excluding hydrogens is 633 g/mol. The quantitative estimate of drug-likeness (QED) is 0.273. The summed E-state index contributed by atoms with van der Waals surface area (Å²) in [5.41, 5.74) is 1.88. The van der Waals surface area contributed by atoms with Gasteiger partial charge in [-0.15, -0.1) is 3.63 Å². The topological polar surface area (TPSA) is 189 Å². The largest absolute Gasteiger partial charge is 0.479 e. The summed E-state index contributed by atoms with van der Waals surface area (Å²) in [6.45, 7) is 2.52. The van der Waals surface area contributed by atoms with E-state index in [4.69, 9.17) is 13.8 Å². The summed E-state index contributed by atoms with van der Waals surface area (Å²) in [4.78, 5) is 13.3. The number of alkyl halides is 3. The van der Waals surface area contributed by atoms with E-state index in [9.17, 15) is 30.0 Å². The molecule has 1 aromatic carbocycles. The number of hydrogen-bond donors (Lipinski definition) is 2. The smallest absolute Gasteiger partial charge is 0.416 e. The molecule has 0 unspecified atom stereocenters. The number of aromatic nitrogens is 6.